The van der Waals surface area contributed by atoms with Crippen molar-refractivity contribution in [1.29, 1.82) is 0 Å². The lowest BCUT2D eigenvalue weighted by Crippen LogP contribution is -2.72. The van der Waals surface area contributed by atoms with E-state index in [-0.39, 0.29) is 0 Å². The van der Waals surface area contributed by atoms with Gasteiger partial charge >= 0.3 is 35.8 Å². The van der Waals surface area contributed by atoms with Crippen molar-refractivity contribution in [3.63, 3.8) is 0 Å². The quantitative estimate of drug-likeness (QED) is 0.358. The van der Waals surface area contributed by atoms with Crippen LogP contribution in [-0.2, 0) is 0 Å². The molecule has 0 bridgehead atoms. The molecule has 0 fully saturated rings. The zero-order valence-electron chi connectivity index (χ0n) is 14.3. The fourth-order valence-electron chi connectivity index (χ4n) is 2.79. The summed E-state index contributed by atoms with van der Waals surface area (Å²) in [5, 5.41) is 0. The predicted molar refractivity (Wildman–Crippen MR) is 68.4 cm³/mol. The van der Waals surface area contributed by atoms with Gasteiger partial charge < -0.3 is 0 Å². The van der Waals surface area contributed by atoms with Gasteiger partial charge in [0.25, 0.3) is 0 Å². The molecule has 0 saturated carbocycles. The third-order valence-corrected chi connectivity index (χ3v) is 4.70. The average Bonchev–Trinajstić information content (AvgIpc) is 2.46. The molecule has 163 valence electrons. The SMILES string of the molecule is CCC(CC)([C](C)C)C(F)(F)C(F)(F)C(F)(F)C(F)(F)C(F)(F)C(F)(F)F. The summed E-state index contributed by atoms with van der Waals surface area (Å²) >= 11 is 0. The molecule has 0 aliphatic heterocycles. The third-order valence-electron chi connectivity index (χ3n) is 4.70. The molecule has 0 heterocycles. The molecule has 0 spiro atoms. The Balaban J connectivity index is 6.72. The Hall–Kier alpha value is -0.910. The maximum absolute atomic E-state index is 14.4. The maximum atomic E-state index is 14.4. The Labute approximate surface area is 146 Å². The Morgan fingerprint density at radius 3 is 0.963 bits per heavy atom. The second-order valence-electron chi connectivity index (χ2n) is 6.16. The Morgan fingerprint density at radius 1 is 0.481 bits per heavy atom. The van der Waals surface area contributed by atoms with Crippen LogP contribution >= 0.6 is 0 Å². The highest BCUT2D eigenvalue weighted by molar-refractivity contribution is 5.18. The molecule has 27 heavy (non-hydrogen) atoms. The minimum Gasteiger partial charge on any atom is -0.199 e. The molecule has 0 nitrogen and oxygen atoms in total. The first-order valence-electron chi connectivity index (χ1n) is 7.33. The van der Waals surface area contributed by atoms with Crippen LogP contribution in [0.2, 0.25) is 0 Å². The van der Waals surface area contributed by atoms with Gasteiger partial charge in [-0.15, -0.1) is 0 Å². The van der Waals surface area contributed by atoms with Gasteiger partial charge in [0.1, 0.15) is 0 Å². The van der Waals surface area contributed by atoms with E-state index in [1.54, 1.807) is 0 Å². The van der Waals surface area contributed by atoms with Gasteiger partial charge in [-0.05, 0) is 18.8 Å². The van der Waals surface area contributed by atoms with Crippen LogP contribution < -0.4 is 0 Å². The van der Waals surface area contributed by atoms with Gasteiger partial charge in [0, 0.05) is 5.41 Å². The summed E-state index contributed by atoms with van der Waals surface area (Å²) in [6.45, 7) is 3.22. The van der Waals surface area contributed by atoms with Crippen molar-refractivity contribution in [1.82, 2.24) is 0 Å². The molecule has 0 aromatic carbocycles. The number of rotatable bonds is 8. The summed E-state index contributed by atoms with van der Waals surface area (Å²) < 4.78 is 172. The van der Waals surface area contributed by atoms with Gasteiger partial charge in [-0.25, -0.2) is 0 Å². The van der Waals surface area contributed by atoms with E-state index < -0.39 is 60.0 Å². The number of halogens is 13. The van der Waals surface area contributed by atoms with Crippen LogP contribution in [0.5, 0.6) is 0 Å². The van der Waals surface area contributed by atoms with Crippen LogP contribution in [0.25, 0.3) is 0 Å². The summed E-state index contributed by atoms with van der Waals surface area (Å²) in [6.07, 6.45) is -9.41. The largest absolute Gasteiger partial charge is 0.460 e. The summed E-state index contributed by atoms with van der Waals surface area (Å²) in [4.78, 5) is 0. The highest BCUT2D eigenvalue weighted by Gasteiger charge is 2.92. The monoisotopic (exact) mass is 431 g/mol. The Bertz CT molecular complexity index is 512. The molecule has 0 aliphatic rings. The lowest BCUT2D eigenvalue weighted by atomic mass is 9.65. The van der Waals surface area contributed by atoms with Crippen molar-refractivity contribution in [2.75, 3.05) is 0 Å². The van der Waals surface area contributed by atoms with Gasteiger partial charge in [-0.2, -0.15) is 57.1 Å². The fourth-order valence-corrected chi connectivity index (χ4v) is 2.79. The van der Waals surface area contributed by atoms with Gasteiger partial charge in [0.15, 0.2) is 0 Å². The average molecular weight is 431 g/mol. The Kier molecular flexibility index (Phi) is 6.62. The van der Waals surface area contributed by atoms with E-state index in [0.717, 1.165) is 27.7 Å². The highest BCUT2D eigenvalue weighted by Crippen LogP contribution is 2.65. The molecule has 0 rings (SSSR count). The molecular formula is C14H16F13. The smallest absolute Gasteiger partial charge is 0.199 e. The summed E-state index contributed by atoms with van der Waals surface area (Å²) in [5.41, 5.74) is -3.16. The van der Waals surface area contributed by atoms with E-state index in [4.69, 9.17) is 0 Å². The molecule has 1 radical (unpaired) electrons. The second kappa shape index (κ2) is 6.85. The Morgan fingerprint density at radius 2 is 0.741 bits per heavy atom. The van der Waals surface area contributed by atoms with Crippen molar-refractivity contribution in [2.24, 2.45) is 5.41 Å². The van der Waals surface area contributed by atoms with Crippen LogP contribution in [0.4, 0.5) is 57.1 Å². The van der Waals surface area contributed by atoms with Crippen molar-refractivity contribution < 1.29 is 57.1 Å². The molecule has 0 unspecified atom stereocenters. The van der Waals surface area contributed by atoms with Gasteiger partial charge in [-0.3, -0.25) is 0 Å². The summed E-state index contributed by atoms with van der Waals surface area (Å²) in [7, 11) is 0. The highest BCUT2D eigenvalue weighted by atomic mass is 19.4. The normalized spacial score (nSPS) is 16.2. The fraction of sp³-hybridized carbons (Fsp3) is 0.929. The first kappa shape index (κ1) is 26.1. The van der Waals surface area contributed by atoms with Crippen molar-refractivity contribution in [3.8, 4) is 0 Å². The lowest BCUT2D eigenvalue weighted by Gasteiger charge is -2.48. The van der Waals surface area contributed by atoms with E-state index in [1.165, 1.54) is 0 Å². The number of hydrogen-bond donors (Lipinski definition) is 0. The third kappa shape index (κ3) is 3.16. The van der Waals surface area contributed by atoms with E-state index in [0.29, 0.717) is 0 Å². The molecule has 0 atom stereocenters. The molecule has 13 heteroatoms. The number of alkyl halides is 13. The van der Waals surface area contributed by atoms with E-state index in [9.17, 15) is 57.1 Å². The first-order chi connectivity index (χ1) is 11.6. The van der Waals surface area contributed by atoms with Crippen molar-refractivity contribution >= 4 is 0 Å². The topological polar surface area (TPSA) is 0 Å². The van der Waals surface area contributed by atoms with E-state index in [1.807, 2.05) is 0 Å². The van der Waals surface area contributed by atoms with Crippen LogP contribution in [0.15, 0.2) is 0 Å². The van der Waals surface area contributed by atoms with Gasteiger partial charge in [0.2, 0.25) is 0 Å². The molecular weight excluding hydrogens is 415 g/mol. The predicted octanol–water partition coefficient (Wildman–Crippen LogP) is 7.15. The minimum absolute atomic E-state index is 0.626. The summed E-state index contributed by atoms with van der Waals surface area (Å²) in [6, 6.07) is 0. The van der Waals surface area contributed by atoms with Crippen molar-refractivity contribution in [2.45, 2.75) is 76.3 Å². The second-order valence-corrected chi connectivity index (χ2v) is 6.16. The molecule has 0 aromatic rings. The molecule has 0 amide bonds. The standard InChI is InChI=1S/C14H16F13/c1-5-8(6-2,7(3)4)9(15,16)10(17,18)11(19,20)12(21,22)13(23,24)14(25,26)27/h5-6H2,1-4H3. The van der Waals surface area contributed by atoms with E-state index in [2.05, 4.69) is 0 Å². The molecule has 0 aliphatic carbocycles. The zero-order chi connectivity index (χ0) is 22.5. The summed E-state index contributed by atoms with van der Waals surface area (Å²) in [5.74, 6) is -37.3. The zero-order valence-corrected chi connectivity index (χ0v) is 14.3. The van der Waals surface area contributed by atoms with Crippen LogP contribution in [-0.4, -0.2) is 35.8 Å². The molecule has 0 N–H and O–H groups in total. The van der Waals surface area contributed by atoms with Crippen molar-refractivity contribution in [3.05, 3.63) is 5.92 Å². The van der Waals surface area contributed by atoms with Crippen LogP contribution in [0.3, 0.4) is 0 Å². The maximum Gasteiger partial charge on any atom is 0.460 e. The van der Waals surface area contributed by atoms with E-state index >= 15 is 0 Å². The lowest BCUT2D eigenvalue weighted by molar-refractivity contribution is -0.447. The van der Waals surface area contributed by atoms with Crippen LogP contribution in [0, 0.1) is 11.3 Å². The number of hydrogen-bond acceptors (Lipinski definition) is 0. The van der Waals surface area contributed by atoms with Gasteiger partial charge in [-0.1, -0.05) is 27.7 Å². The van der Waals surface area contributed by atoms with Crippen LogP contribution in [0.1, 0.15) is 40.5 Å². The van der Waals surface area contributed by atoms with Gasteiger partial charge in [0.05, 0.1) is 0 Å². The molecule has 0 aromatic heterocycles. The first-order valence-corrected chi connectivity index (χ1v) is 7.33. The minimum atomic E-state index is -7.86. The molecule has 0 saturated heterocycles.